The van der Waals surface area contributed by atoms with Gasteiger partial charge in [-0.05, 0) is 31.7 Å². The Morgan fingerprint density at radius 2 is 2.18 bits per heavy atom. The van der Waals surface area contributed by atoms with Crippen LogP contribution >= 0.6 is 11.8 Å². The fourth-order valence-electron chi connectivity index (χ4n) is 2.19. The zero-order valence-corrected chi connectivity index (χ0v) is 12.6. The molecule has 0 aliphatic carbocycles. The van der Waals surface area contributed by atoms with Crippen molar-refractivity contribution in [1.82, 2.24) is 10.2 Å². The third kappa shape index (κ3) is 5.60. The summed E-state index contributed by atoms with van der Waals surface area (Å²) in [6.07, 6.45) is 1.32. The van der Waals surface area contributed by atoms with Crippen LogP contribution in [-0.2, 0) is 4.74 Å². The van der Waals surface area contributed by atoms with E-state index in [4.69, 9.17) is 4.74 Å². The molecule has 1 aliphatic heterocycles. The summed E-state index contributed by atoms with van der Waals surface area (Å²) < 4.78 is 5.35. The minimum Gasteiger partial charge on any atom is -0.383 e. The largest absolute Gasteiger partial charge is 0.383 e. The van der Waals surface area contributed by atoms with E-state index in [1.807, 2.05) is 0 Å². The average Bonchev–Trinajstić information content (AvgIpc) is 2.80. The number of hydrogen-bond acceptors (Lipinski definition) is 4. The smallest absolute Gasteiger partial charge is 0.0630 e. The van der Waals surface area contributed by atoms with Gasteiger partial charge in [0.05, 0.1) is 6.61 Å². The highest BCUT2D eigenvalue weighted by Gasteiger charge is 2.25. The Morgan fingerprint density at radius 3 is 2.71 bits per heavy atom. The van der Waals surface area contributed by atoms with Gasteiger partial charge in [0.1, 0.15) is 0 Å². The van der Waals surface area contributed by atoms with Crippen molar-refractivity contribution in [2.45, 2.75) is 32.4 Å². The van der Waals surface area contributed by atoms with E-state index >= 15 is 0 Å². The molecule has 0 spiro atoms. The van der Waals surface area contributed by atoms with Crippen molar-refractivity contribution in [3.05, 3.63) is 0 Å². The van der Waals surface area contributed by atoms with Gasteiger partial charge < -0.3 is 10.1 Å². The number of ether oxygens (including phenoxy) is 1. The zero-order chi connectivity index (χ0) is 12.7. The highest BCUT2D eigenvalue weighted by molar-refractivity contribution is 7.99. The van der Waals surface area contributed by atoms with Gasteiger partial charge >= 0.3 is 0 Å². The first-order valence-corrected chi connectivity index (χ1v) is 7.80. The number of thioether (sulfide) groups is 1. The molecular formula is C13H28N2OS. The lowest BCUT2D eigenvalue weighted by Gasteiger charge is -2.32. The molecule has 2 unspecified atom stereocenters. The molecule has 0 amide bonds. The standard InChI is InChI=1S/C13H28N2OS/c1-11(2)7-14-8-13(9-16-4)15(3)12-5-6-17-10-12/h11-14H,5-10H2,1-4H3. The molecule has 2 atom stereocenters. The van der Waals surface area contributed by atoms with E-state index in [1.54, 1.807) is 7.11 Å². The van der Waals surface area contributed by atoms with Gasteiger partial charge in [-0.1, -0.05) is 13.8 Å². The first-order chi connectivity index (χ1) is 8.15. The molecule has 102 valence electrons. The van der Waals surface area contributed by atoms with E-state index in [0.29, 0.717) is 12.0 Å². The maximum absolute atomic E-state index is 5.35. The number of likely N-dealkylation sites (N-methyl/N-ethyl adjacent to an activating group) is 1. The molecule has 1 saturated heterocycles. The Kier molecular flexibility index (Phi) is 7.51. The van der Waals surface area contributed by atoms with Crippen LogP contribution in [0.1, 0.15) is 20.3 Å². The lowest BCUT2D eigenvalue weighted by molar-refractivity contribution is 0.0852. The van der Waals surface area contributed by atoms with Crippen molar-refractivity contribution >= 4 is 11.8 Å². The second-order valence-electron chi connectivity index (χ2n) is 5.34. The van der Waals surface area contributed by atoms with Gasteiger partial charge in [0.15, 0.2) is 0 Å². The van der Waals surface area contributed by atoms with E-state index in [9.17, 15) is 0 Å². The van der Waals surface area contributed by atoms with Crippen molar-refractivity contribution in [3.8, 4) is 0 Å². The Labute approximate surface area is 111 Å². The molecule has 0 aromatic rings. The molecule has 4 heteroatoms. The van der Waals surface area contributed by atoms with Crippen LogP contribution < -0.4 is 5.32 Å². The van der Waals surface area contributed by atoms with Crippen molar-refractivity contribution in [2.24, 2.45) is 5.92 Å². The molecule has 17 heavy (non-hydrogen) atoms. The maximum Gasteiger partial charge on any atom is 0.0630 e. The summed E-state index contributed by atoms with van der Waals surface area (Å²) in [6, 6.07) is 1.24. The molecule has 0 aromatic heterocycles. The van der Waals surface area contributed by atoms with E-state index in [2.05, 4.69) is 42.9 Å². The zero-order valence-electron chi connectivity index (χ0n) is 11.7. The quantitative estimate of drug-likeness (QED) is 0.718. The number of rotatable bonds is 8. The Bertz CT molecular complexity index is 196. The number of methoxy groups -OCH3 is 1. The first-order valence-electron chi connectivity index (χ1n) is 6.64. The van der Waals surface area contributed by atoms with Gasteiger partial charge in [0.25, 0.3) is 0 Å². The van der Waals surface area contributed by atoms with Crippen LogP contribution in [0.2, 0.25) is 0 Å². The van der Waals surface area contributed by atoms with Crippen LogP contribution in [0.3, 0.4) is 0 Å². The summed E-state index contributed by atoms with van der Waals surface area (Å²) in [4.78, 5) is 2.51. The second kappa shape index (κ2) is 8.35. The number of nitrogens with zero attached hydrogens (tertiary/aromatic N) is 1. The molecular weight excluding hydrogens is 232 g/mol. The molecule has 0 bridgehead atoms. The highest BCUT2D eigenvalue weighted by Crippen LogP contribution is 2.22. The van der Waals surface area contributed by atoms with Crippen LogP contribution in [-0.4, -0.2) is 62.3 Å². The lowest BCUT2D eigenvalue weighted by Crippen LogP contribution is -2.48. The monoisotopic (exact) mass is 260 g/mol. The van der Waals surface area contributed by atoms with E-state index < -0.39 is 0 Å². The highest BCUT2D eigenvalue weighted by atomic mass is 32.2. The van der Waals surface area contributed by atoms with E-state index in [-0.39, 0.29) is 0 Å². The van der Waals surface area contributed by atoms with Gasteiger partial charge in [-0.2, -0.15) is 11.8 Å². The summed E-state index contributed by atoms with van der Waals surface area (Å²) >= 11 is 2.07. The topological polar surface area (TPSA) is 24.5 Å². The minimum absolute atomic E-state index is 0.502. The second-order valence-corrected chi connectivity index (χ2v) is 6.49. The fourth-order valence-corrected chi connectivity index (χ4v) is 3.47. The van der Waals surface area contributed by atoms with Crippen LogP contribution in [0, 0.1) is 5.92 Å². The van der Waals surface area contributed by atoms with Crippen LogP contribution in [0.4, 0.5) is 0 Å². The minimum atomic E-state index is 0.502. The molecule has 3 nitrogen and oxygen atoms in total. The van der Waals surface area contributed by atoms with Gasteiger partial charge in [0, 0.05) is 31.5 Å². The van der Waals surface area contributed by atoms with Crippen LogP contribution in [0.5, 0.6) is 0 Å². The summed E-state index contributed by atoms with van der Waals surface area (Å²) in [5.41, 5.74) is 0. The van der Waals surface area contributed by atoms with E-state index in [1.165, 1.54) is 17.9 Å². The van der Waals surface area contributed by atoms with E-state index in [0.717, 1.165) is 25.7 Å². The predicted octanol–water partition coefficient (Wildman–Crippen LogP) is 1.68. The Hall–Kier alpha value is 0.230. The fraction of sp³-hybridized carbons (Fsp3) is 1.00. The molecule has 1 aliphatic rings. The Balaban J connectivity index is 2.34. The third-order valence-electron chi connectivity index (χ3n) is 3.35. The molecule has 1 N–H and O–H groups in total. The summed E-state index contributed by atoms with van der Waals surface area (Å²) in [6.45, 7) is 7.44. The average molecular weight is 260 g/mol. The van der Waals surface area contributed by atoms with Crippen molar-refractivity contribution in [3.63, 3.8) is 0 Å². The van der Waals surface area contributed by atoms with Crippen LogP contribution in [0.25, 0.3) is 0 Å². The first kappa shape index (κ1) is 15.3. The summed E-state index contributed by atoms with van der Waals surface area (Å²) in [5, 5.41) is 3.55. The predicted molar refractivity (Wildman–Crippen MR) is 76.9 cm³/mol. The van der Waals surface area contributed by atoms with Crippen molar-refractivity contribution in [2.75, 3.05) is 45.4 Å². The van der Waals surface area contributed by atoms with Crippen molar-refractivity contribution < 1.29 is 4.74 Å². The van der Waals surface area contributed by atoms with Gasteiger partial charge in [0.2, 0.25) is 0 Å². The molecule has 0 aromatic carbocycles. The normalized spacial score (nSPS) is 22.6. The molecule has 0 radical (unpaired) electrons. The SMILES string of the molecule is COCC(CNCC(C)C)N(C)C1CCSC1. The maximum atomic E-state index is 5.35. The third-order valence-corrected chi connectivity index (χ3v) is 4.49. The Morgan fingerprint density at radius 1 is 1.41 bits per heavy atom. The number of nitrogens with one attached hydrogen (secondary N) is 1. The summed E-state index contributed by atoms with van der Waals surface area (Å²) in [5.74, 6) is 3.31. The van der Waals surface area contributed by atoms with Crippen molar-refractivity contribution in [1.29, 1.82) is 0 Å². The number of hydrogen-bond donors (Lipinski definition) is 1. The van der Waals surface area contributed by atoms with Crippen LogP contribution in [0.15, 0.2) is 0 Å². The molecule has 1 heterocycles. The van der Waals surface area contributed by atoms with Gasteiger partial charge in [-0.25, -0.2) is 0 Å². The molecule has 1 fully saturated rings. The van der Waals surface area contributed by atoms with Gasteiger partial charge in [-0.3, -0.25) is 4.90 Å². The molecule has 1 rings (SSSR count). The lowest BCUT2D eigenvalue weighted by atomic mass is 10.1. The van der Waals surface area contributed by atoms with Gasteiger partial charge in [-0.15, -0.1) is 0 Å². The molecule has 0 saturated carbocycles. The summed E-state index contributed by atoms with van der Waals surface area (Å²) in [7, 11) is 4.05.